The molecule has 5 heterocycles. The van der Waals surface area contributed by atoms with Crippen molar-refractivity contribution in [2.75, 3.05) is 36.4 Å². The Hall–Kier alpha value is -4.55. The maximum atomic E-state index is 13.3. The molecule has 2 aliphatic rings. The number of imidazole rings is 1. The van der Waals surface area contributed by atoms with E-state index in [-0.39, 0.29) is 30.5 Å². The van der Waals surface area contributed by atoms with Crippen molar-refractivity contribution in [3.05, 3.63) is 82.7 Å². The highest BCUT2D eigenvalue weighted by Gasteiger charge is 2.33. The number of urea groups is 1. The fourth-order valence-corrected chi connectivity index (χ4v) is 5.47. The van der Waals surface area contributed by atoms with E-state index in [0.717, 1.165) is 11.3 Å². The Morgan fingerprint density at radius 1 is 1.11 bits per heavy atom. The molecule has 1 fully saturated rings. The van der Waals surface area contributed by atoms with Gasteiger partial charge in [-0.05, 0) is 43.3 Å². The van der Waals surface area contributed by atoms with Gasteiger partial charge >= 0.3 is 6.03 Å². The van der Waals surface area contributed by atoms with Gasteiger partial charge in [0.1, 0.15) is 18.2 Å². The third-order valence-corrected chi connectivity index (χ3v) is 8.12. The van der Waals surface area contributed by atoms with Crippen LogP contribution in [0.4, 0.5) is 16.3 Å². The third-order valence-electron chi connectivity index (χ3n) is 7.38. The summed E-state index contributed by atoms with van der Waals surface area (Å²) in [6.45, 7) is 3.46. The number of ether oxygens (including phenoxy) is 1. The number of aromatic nitrogens is 4. The van der Waals surface area contributed by atoms with Crippen LogP contribution in [0.3, 0.4) is 0 Å². The molecular formula is C30H30Cl2N8O4. The third kappa shape index (κ3) is 6.81. The summed E-state index contributed by atoms with van der Waals surface area (Å²) in [6, 6.07) is 7.98. The molecular weight excluding hydrogens is 607 g/mol. The van der Waals surface area contributed by atoms with Gasteiger partial charge in [-0.2, -0.15) is 4.98 Å². The van der Waals surface area contributed by atoms with Crippen LogP contribution in [0.1, 0.15) is 24.1 Å². The lowest BCUT2D eigenvalue weighted by Gasteiger charge is -2.42. The zero-order chi connectivity index (χ0) is 30.6. The van der Waals surface area contributed by atoms with E-state index in [2.05, 4.69) is 25.5 Å². The summed E-state index contributed by atoms with van der Waals surface area (Å²) in [4.78, 5) is 43.7. The Morgan fingerprint density at radius 2 is 2.00 bits per heavy atom. The Kier molecular flexibility index (Phi) is 8.71. The first-order valence-electron chi connectivity index (χ1n) is 14.1. The van der Waals surface area contributed by atoms with E-state index >= 15 is 0 Å². The number of fused-ring (bicyclic) bond motifs is 1. The number of nitrogens with one attached hydrogen (secondary N) is 2. The molecule has 0 aliphatic carbocycles. The molecule has 3 amide bonds. The predicted octanol–water partition coefficient (Wildman–Crippen LogP) is 4.96. The lowest BCUT2D eigenvalue weighted by Crippen LogP contribution is -2.57. The molecule has 2 unspecified atom stereocenters. The van der Waals surface area contributed by atoms with Crippen LogP contribution >= 0.6 is 23.2 Å². The minimum Gasteiger partial charge on any atom is -0.457 e. The fourth-order valence-electron chi connectivity index (χ4n) is 5.18. The monoisotopic (exact) mass is 636 g/mol. The number of nitrogens with zero attached hydrogens (tertiary/aromatic N) is 6. The fraction of sp³-hybridized carbons (Fsp3) is 0.300. The number of halogens is 2. The molecule has 3 aromatic heterocycles. The molecule has 4 aromatic rings. The normalized spacial score (nSPS) is 17.6. The zero-order valence-electron chi connectivity index (χ0n) is 23.8. The van der Waals surface area contributed by atoms with Crippen LogP contribution in [0.25, 0.3) is 12.0 Å². The first kappa shape index (κ1) is 29.5. The largest absolute Gasteiger partial charge is 0.457 e. The Balaban J connectivity index is 1.15. The highest BCUT2D eigenvalue weighted by molar-refractivity contribution is 6.42. The molecule has 14 heteroatoms. The first-order chi connectivity index (χ1) is 21.3. The standard InChI is InChI=1S/C30H30Cl2N8O4/c1-19-14-26(37-29(35-19)39-10-9-33-18-39)40-12-11-38(30(42)36-21-3-5-24(31)25(32)15-21)17-22(40)16-27(41)34-8-6-23-4-2-20-7-13-43-28(20)44-23/h2-5,7,9-10,13-15,18,22-23H,6,8,11-12,16-17H2,1H3,(H,34,41)(H,36,42). The van der Waals surface area contributed by atoms with Crippen LogP contribution in [0.15, 0.2) is 65.8 Å². The van der Waals surface area contributed by atoms with Crippen molar-refractivity contribution in [2.45, 2.75) is 31.9 Å². The number of carbonyl (C=O) groups is 2. The van der Waals surface area contributed by atoms with E-state index in [0.29, 0.717) is 66.0 Å². The van der Waals surface area contributed by atoms with Gasteiger partial charge in [0.15, 0.2) is 0 Å². The number of hydrogen-bond donors (Lipinski definition) is 2. The molecule has 0 bridgehead atoms. The Bertz CT molecular complexity index is 1680. The average Bonchev–Trinajstić information content (AvgIpc) is 3.71. The SMILES string of the molecule is Cc1cc(N2CCN(C(=O)Nc3ccc(Cl)c(Cl)c3)CC2CC(=O)NCCC2C=Cc3ccoc3O2)nc(-n2ccnc2)n1. The van der Waals surface area contributed by atoms with Crippen LogP contribution in [-0.4, -0.2) is 74.7 Å². The van der Waals surface area contributed by atoms with E-state index in [1.807, 2.05) is 31.2 Å². The Morgan fingerprint density at radius 3 is 2.82 bits per heavy atom. The number of hydrogen-bond acceptors (Lipinski definition) is 8. The van der Waals surface area contributed by atoms with Gasteiger partial charge in [-0.25, -0.2) is 14.8 Å². The number of carbonyl (C=O) groups excluding carboxylic acids is 2. The number of furan rings is 1. The van der Waals surface area contributed by atoms with Crippen molar-refractivity contribution in [1.82, 2.24) is 29.7 Å². The Labute approximate surface area is 263 Å². The molecule has 44 heavy (non-hydrogen) atoms. The van der Waals surface area contributed by atoms with Crippen molar-refractivity contribution in [1.29, 1.82) is 0 Å². The predicted molar refractivity (Wildman–Crippen MR) is 166 cm³/mol. The van der Waals surface area contributed by atoms with Crippen LogP contribution in [0.2, 0.25) is 10.0 Å². The van der Waals surface area contributed by atoms with E-state index in [4.69, 9.17) is 37.3 Å². The van der Waals surface area contributed by atoms with Crippen molar-refractivity contribution in [2.24, 2.45) is 0 Å². The van der Waals surface area contributed by atoms with Gasteiger partial charge in [0.2, 0.25) is 11.9 Å². The van der Waals surface area contributed by atoms with Gasteiger partial charge < -0.3 is 29.6 Å². The highest BCUT2D eigenvalue weighted by atomic mass is 35.5. The smallest absolute Gasteiger partial charge is 0.321 e. The summed E-state index contributed by atoms with van der Waals surface area (Å²) in [5.74, 6) is 1.47. The van der Waals surface area contributed by atoms with E-state index in [9.17, 15) is 9.59 Å². The van der Waals surface area contributed by atoms with Gasteiger partial charge in [-0.1, -0.05) is 23.2 Å². The molecule has 228 valence electrons. The quantitative estimate of drug-likeness (QED) is 0.277. The zero-order valence-corrected chi connectivity index (χ0v) is 25.3. The topological polar surface area (TPSA) is 131 Å². The molecule has 2 atom stereocenters. The van der Waals surface area contributed by atoms with Crippen LogP contribution < -0.4 is 20.3 Å². The molecule has 0 spiro atoms. The van der Waals surface area contributed by atoms with Crippen LogP contribution in [0, 0.1) is 6.92 Å². The minimum atomic E-state index is -0.357. The molecule has 1 aromatic carbocycles. The van der Waals surface area contributed by atoms with Gasteiger partial charge in [-0.3, -0.25) is 9.36 Å². The molecule has 2 N–H and O–H groups in total. The van der Waals surface area contributed by atoms with E-state index in [1.54, 1.807) is 52.7 Å². The van der Waals surface area contributed by atoms with E-state index < -0.39 is 0 Å². The lowest BCUT2D eigenvalue weighted by molar-refractivity contribution is -0.121. The van der Waals surface area contributed by atoms with Gasteiger partial charge in [0.25, 0.3) is 5.95 Å². The van der Waals surface area contributed by atoms with E-state index in [1.165, 1.54) is 0 Å². The summed E-state index contributed by atoms with van der Waals surface area (Å²) >= 11 is 12.2. The van der Waals surface area contributed by atoms with Gasteiger partial charge in [0, 0.05) is 68.9 Å². The highest BCUT2D eigenvalue weighted by Crippen LogP contribution is 2.28. The molecule has 0 radical (unpaired) electrons. The maximum absolute atomic E-state index is 13.3. The maximum Gasteiger partial charge on any atom is 0.321 e. The lowest BCUT2D eigenvalue weighted by atomic mass is 10.1. The number of anilines is 2. The van der Waals surface area contributed by atoms with Crippen molar-refractivity contribution >= 4 is 52.7 Å². The molecule has 1 saturated heterocycles. The number of amides is 3. The number of benzene rings is 1. The van der Waals surface area contributed by atoms with Gasteiger partial charge in [-0.15, -0.1) is 0 Å². The molecule has 2 aliphatic heterocycles. The van der Waals surface area contributed by atoms with Crippen LogP contribution in [-0.2, 0) is 4.79 Å². The summed E-state index contributed by atoms with van der Waals surface area (Å²) in [7, 11) is 0. The molecule has 0 saturated carbocycles. The molecule has 12 nitrogen and oxygen atoms in total. The summed E-state index contributed by atoms with van der Waals surface area (Å²) in [6.07, 6.45) is 11.1. The summed E-state index contributed by atoms with van der Waals surface area (Å²) in [5, 5.41) is 6.63. The number of aryl methyl sites for hydroxylation is 1. The minimum absolute atomic E-state index is 0.143. The number of piperazine rings is 1. The molecule has 6 rings (SSSR count). The van der Waals surface area contributed by atoms with Crippen molar-refractivity contribution in [3.63, 3.8) is 0 Å². The van der Waals surface area contributed by atoms with Crippen molar-refractivity contribution in [3.8, 4) is 11.9 Å². The second-order valence-electron chi connectivity index (χ2n) is 10.5. The number of rotatable bonds is 8. The average molecular weight is 638 g/mol. The van der Waals surface area contributed by atoms with Crippen LogP contribution in [0.5, 0.6) is 5.95 Å². The first-order valence-corrected chi connectivity index (χ1v) is 14.9. The van der Waals surface area contributed by atoms with Crippen molar-refractivity contribution < 1.29 is 18.7 Å². The second-order valence-corrected chi connectivity index (χ2v) is 11.3. The summed E-state index contributed by atoms with van der Waals surface area (Å²) in [5.41, 5.74) is 2.19. The van der Waals surface area contributed by atoms with Gasteiger partial charge in [0.05, 0.1) is 27.9 Å². The second kappa shape index (κ2) is 13.0. The summed E-state index contributed by atoms with van der Waals surface area (Å²) < 4.78 is 12.9.